The van der Waals surface area contributed by atoms with Gasteiger partial charge in [0.25, 0.3) is 5.91 Å². The third kappa shape index (κ3) is 3.74. The zero-order valence-electron chi connectivity index (χ0n) is 11.6. The van der Waals surface area contributed by atoms with Gasteiger partial charge in [0.05, 0.1) is 13.2 Å². The van der Waals surface area contributed by atoms with Crippen LogP contribution in [-0.4, -0.2) is 12.5 Å². The lowest BCUT2D eigenvalue weighted by atomic mass is 10.1. The quantitative estimate of drug-likeness (QED) is 0.832. The lowest BCUT2D eigenvalue weighted by Crippen LogP contribution is -2.22. The van der Waals surface area contributed by atoms with E-state index < -0.39 is 0 Å². The molecule has 0 bridgehead atoms. The summed E-state index contributed by atoms with van der Waals surface area (Å²) in [6.45, 7) is 5.00. The van der Waals surface area contributed by atoms with Gasteiger partial charge >= 0.3 is 0 Å². The average Bonchev–Trinajstić information content (AvgIpc) is 2.81. The van der Waals surface area contributed by atoms with Crippen LogP contribution in [-0.2, 0) is 6.54 Å². The summed E-state index contributed by atoms with van der Waals surface area (Å²) in [6.07, 6.45) is 0. The number of hydrogen-bond donors (Lipinski definition) is 2. The molecule has 0 saturated carbocycles. The van der Waals surface area contributed by atoms with Gasteiger partial charge in [-0.25, -0.2) is 0 Å². The van der Waals surface area contributed by atoms with Gasteiger partial charge in [-0.1, -0.05) is 0 Å². The molecule has 1 aromatic heterocycles. The Bertz CT molecular complexity index is 608. The second kappa shape index (κ2) is 6.43. The van der Waals surface area contributed by atoms with E-state index in [1.807, 2.05) is 26.0 Å². The van der Waals surface area contributed by atoms with E-state index in [0.29, 0.717) is 30.2 Å². The summed E-state index contributed by atoms with van der Waals surface area (Å²) < 4.78 is 5.39. The van der Waals surface area contributed by atoms with Crippen molar-refractivity contribution >= 4 is 22.9 Å². The number of carbonyl (C=O) groups excluding carboxylic acids is 1. The molecule has 3 N–H and O–H groups in total. The van der Waals surface area contributed by atoms with Crippen LogP contribution < -0.4 is 15.8 Å². The fourth-order valence-corrected chi connectivity index (χ4v) is 2.68. The largest absolute Gasteiger partial charge is 0.494 e. The molecule has 2 aromatic rings. The number of anilines is 1. The Hall–Kier alpha value is -2.01. The Morgan fingerprint density at radius 3 is 2.80 bits per heavy atom. The third-order valence-corrected chi connectivity index (χ3v) is 3.72. The van der Waals surface area contributed by atoms with E-state index in [4.69, 9.17) is 10.5 Å². The molecule has 0 spiro atoms. The van der Waals surface area contributed by atoms with E-state index in [-0.39, 0.29) is 5.91 Å². The van der Waals surface area contributed by atoms with E-state index in [1.165, 1.54) is 4.88 Å². The van der Waals surface area contributed by atoms with Crippen molar-refractivity contribution in [1.29, 1.82) is 0 Å². The SMILES string of the molecule is CCOc1cc(N)cc(C(=O)NCc2ccc(C)s2)c1. The van der Waals surface area contributed by atoms with Crippen molar-refractivity contribution in [2.45, 2.75) is 20.4 Å². The number of hydrogen-bond acceptors (Lipinski definition) is 4. The molecule has 0 aliphatic carbocycles. The summed E-state index contributed by atoms with van der Waals surface area (Å²) in [7, 11) is 0. The first-order valence-electron chi connectivity index (χ1n) is 6.45. The van der Waals surface area contributed by atoms with Gasteiger partial charge in [0.1, 0.15) is 5.75 Å². The lowest BCUT2D eigenvalue weighted by molar-refractivity contribution is 0.0951. The molecule has 0 saturated heterocycles. The second-order valence-electron chi connectivity index (χ2n) is 4.42. The zero-order valence-corrected chi connectivity index (χ0v) is 12.4. The van der Waals surface area contributed by atoms with Crippen molar-refractivity contribution in [1.82, 2.24) is 5.32 Å². The highest BCUT2D eigenvalue weighted by Gasteiger charge is 2.09. The number of amides is 1. The molecule has 0 radical (unpaired) electrons. The molecule has 1 heterocycles. The predicted octanol–water partition coefficient (Wildman–Crippen LogP) is 2.97. The molecule has 0 aliphatic heterocycles. The van der Waals surface area contributed by atoms with Crippen LogP contribution in [0.4, 0.5) is 5.69 Å². The first-order chi connectivity index (χ1) is 9.58. The highest BCUT2D eigenvalue weighted by molar-refractivity contribution is 7.11. The van der Waals surface area contributed by atoms with Crippen molar-refractivity contribution in [3.8, 4) is 5.75 Å². The minimum atomic E-state index is -0.149. The van der Waals surface area contributed by atoms with Gasteiger partial charge in [0.15, 0.2) is 0 Å². The van der Waals surface area contributed by atoms with Crippen molar-refractivity contribution in [2.24, 2.45) is 0 Å². The number of nitrogens with one attached hydrogen (secondary N) is 1. The Labute approximate surface area is 122 Å². The van der Waals surface area contributed by atoms with E-state index in [1.54, 1.807) is 29.5 Å². The molecule has 4 nitrogen and oxygen atoms in total. The van der Waals surface area contributed by atoms with E-state index in [2.05, 4.69) is 5.32 Å². The highest BCUT2D eigenvalue weighted by Crippen LogP contribution is 2.19. The topological polar surface area (TPSA) is 64.3 Å². The number of rotatable bonds is 5. The van der Waals surface area contributed by atoms with Gasteiger partial charge in [0.2, 0.25) is 0 Å². The molecule has 106 valence electrons. The van der Waals surface area contributed by atoms with Crippen molar-refractivity contribution < 1.29 is 9.53 Å². The molecule has 1 amide bonds. The van der Waals surface area contributed by atoms with Gasteiger partial charge in [0, 0.05) is 27.1 Å². The first-order valence-corrected chi connectivity index (χ1v) is 7.27. The molecule has 5 heteroatoms. The maximum absolute atomic E-state index is 12.1. The number of carbonyl (C=O) groups is 1. The second-order valence-corrected chi connectivity index (χ2v) is 5.79. The van der Waals surface area contributed by atoms with Crippen molar-refractivity contribution in [2.75, 3.05) is 12.3 Å². The maximum atomic E-state index is 12.1. The predicted molar refractivity (Wildman–Crippen MR) is 82.2 cm³/mol. The zero-order chi connectivity index (χ0) is 14.5. The van der Waals surface area contributed by atoms with Gasteiger partial charge in [-0.05, 0) is 38.1 Å². The number of thiophene rings is 1. The number of aryl methyl sites for hydroxylation is 1. The Morgan fingerprint density at radius 1 is 1.35 bits per heavy atom. The van der Waals surface area contributed by atoms with Crippen LogP contribution in [0.25, 0.3) is 0 Å². The Balaban J connectivity index is 2.04. The summed E-state index contributed by atoms with van der Waals surface area (Å²) in [5.41, 5.74) is 6.82. The van der Waals surface area contributed by atoms with Crippen LogP contribution in [0.3, 0.4) is 0 Å². The summed E-state index contributed by atoms with van der Waals surface area (Å²) >= 11 is 1.68. The molecule has 20 heavy (non-hydrogen) atoms. The maximum Gasteiger partial charge on any atom is 0.251 e. The van der Waals surface area contributed by atoms with E-state index >= 15 is 0 Å². The van der Waals surface area contributed by atoms with Crippen LogP contribution in [0.1, 0.15) is 27.0 Å². The average molecular weight is 290 g/mol. The minimum Gasteiger partial charge on any atom is -0.494 e. The summed E-state index contributed by atoms with van der Waals surface area (Å²) in [4.78, 5) is 14.5. The number of benzene rings is 1. The van der Waals surface area contributed by atoms with Crippen LogP contribution in [0, 0.1) is 6.92 Å². The fourth-order valence-electron chi connectivity index (χ4n) is 1.85. The van der Waals surface area contributed by atoms with Crippen LogP contribution in [0.2, 0.25) is 0 Å². The highest BCUT2D eigenvalue weighted by atomic mass is 32.1. The first kappa shape index (κ1) is 14.4. The normalized spacial score (nSPS) is 10.3. The minimum absolute atomic E-state index is 0.149. The number of ether oxygens (including phenoxy) is 1. The summed E-state index contributed by atoms with van der Waals surface area (Å²) in [6, 6.07) is 9.13. The molecular formula is C15H18N2O2S. The molecule has 0 unspecified atom stereocenters. The smallest absolute Gasteiger partial charge is 0.251 e. The number of nitrogens with two attached hydrogens (primary N) is 1. The van der Waals surface area contributed by atoms with E-state index in [9.17, 15) is 4.79 Å². The third-order valence-electron chi connectivity index (χ3n) is 2.72. The molecule has 0 atom stereocenters. The molecular weight excluding hydrogens is 272 g/mol. The number of nitrogen functional groups attached to an aromatic ring is 1. The fraction of sp³-hybridized carbons (Fsp3) is 0.267. The molecule has 1 aromatic carbocycles. The van der Waals surface area contributed by atoms with Crippen LogP contribution in [0.15, 0.2) is 30.3 Å². The summed E-state index contributed by atoms with van der Waals surface area (Å²) in [5, 5.41) is 2.89. The van der Waals surface area contributed by atoms with Crippen LogP contribution >= 0.6 is 11.3 Å². The van der Waals surface area contributed by atoms with Crippen molar-refractivity contribution in [3.63, 3.8) is 0 Å². The molecule has 0 aliphatic rings. The molecule has 2 rings (SSSR count). The summed E-state index contributed by atoms with van der Waals surface area (Å²) in [5.74, 6) is 0.467. The van der Waals surface area contributed by atoms with Crippen molar-refractivity contribution in [3.05, 3.63) is 45.6 Å². The standard InChI is InChI=1S/C15H18N2O2S/c1-3-19-13-7-11(6-12(16)8-13)15(18)17-9-14-5-4-10(2)20-14/h4-8H,3,9,16H2,1-2H3,(H,17,18). The van der Waals surface area contributed by atoms with Gasteiger partial charge < -0.3 is 15.8 Å². The van der Waals surface area contributed by atoms with Gasteiger partial charge in [-0.15, -0.1) is 11.3 Å². The van der Waals surface area contributed by atoms with Gasteiger partial charge in [-0.3, -0.25) is 4.79 Å². The molecule has 0 fully saturated rings. The monoisotopic (exact) mass is 290 g/mol. The Morgan fingerprint density at radius 2 is 2.15 bits per heavy atom. The van der Waals surface area contributed by atoms with Crippen LogP contribution in [0.5, 0.6) is 5.75 Å². The Kier molecular flexibility index (Phi) is 4.63. The van der Waals surface area contributed by atoms with E-state index in [0.717, 1.165) is 4.88 Å². The van der Waals surface area contributed by atoms with Gasteiger partial charge in [-0.2, -0.15) is 0 Å². The lowest BCUT2D eigenvalue weighted by Gasteiger charge is -2.08.